The molecule has 0 unspecified atom stereocenters. The maximum absolute atomic E-state index is 12.5. The predicted molar refractivity (Wildman–Crippen MR) is 101 cm³/mol. The van der Waals surface area contributed by atoms with Crippen molar-refractivity contribution in [3.05, 3.63) is 62.9 Å². The molecule has 27 heavy (non-hydrogen) atoms. The first-order valence-corrected chi connectivity index (χ1v) is 8.03. The average Bonchev–Trinajstić information content (AvgIpc) is 2.64. The molecule has 9 nitrogen and oxygen atoms in total. The third-order valence-corrected chi connectivity index (χ3v) is 3.98. The van der Waals surface area contributed by atoms with E-state index >= 15 is 0 Å². The van der Waals surface area contributed by atoms with Gasteiger partial charge in [0.25, 0.3) is 11.5 Å². The molecule has 0 fully saturated rings. The van der Waals surface area contributed by atoms with Gasteiger partial charge < -0.3 is 10.6 Å². The maximum Gasteiger partial charge on any atom is 0.332 e. The number of aryl methyl sites for hydroxylation is 1. The SMILES string of the molecule is CC(=O)Nc1cccc(NC(=O)c2ccc3c(=O)n(C)c(=O)n(C)c3n2)c1. The molecule has 0 radical (unpaired) electrons. The highest BCUT2D eigenvalue weighted by molar-refractivity contribution is 6.04. The lowest BCUT2D eigenvalue weighted by Gasteiger charge is -2.10. The van der Waals surface area contributed by atoms with E-state index in [2.05, 4.69) is 15.6 Å². The zero-order valence-electron chi connectivity index (χ0n) is 14.9. The molecular formula is C18H17N5O4. The number of nitrogens with zero attached hydrogens (tertiary/aromatic N) is 3. The summed E-state index contributed by atoms with van der Waals surface area (Å²) < 4.78 is 2.20. The Kier molecular flexibility index (Phi) is 4.59. The van der Waals surface area contributed by atoms with Gasteiger partial charge in [-0.3, -0.25) is 23.5 Å². The standard InChI is InChI=1S/C18H17N5O4/c1-10(24)19-11-5-4-6-12(9-11)20-16(25)14-8-7-13-15(21-14)22(2)18(27)23(3)17(13)26/h4-9H,1-3H3,(H,19,24)(H,20,25). The lowest BCUT2D eigenvalue weighted by atomic mass is 10.2. The number of rotatable bonds is 3. The maximum atomic E-state index is 12.5. The average molecular weight is 367 g/mol. The summed E-state index contributed by atoms with van der Waals surface area (Å²) in [4.78, 5) is 52.0. The molecule has 0 saturated carbocycles. The lowest BCUT2D eigenvalue weighted by Crippen LogP contribution is -2.37. The van der Waals surface area contributed by atoms with Gasteiger partial charge in [0.2, 0.25) is 5.91 Å². The molecule has 0 spiro atoms. The summed E-state index contributed by atoms with van der Waals surface area (Å²) >= 11 is 0. The second kappa shape index (κ2) is 6.87. The van der Waals surface area contributed by atoms with E-state index in [0.29, 0.717) is 11.4 Å². The van der Waals surface area contributed by atoms with Crippen molar-refractivity contribution in [1.29, 1.82) is 0 Å². The van der Waals surface area contributed by atoms with Crippen LogP contribution >= 0.6 is 0 Å². The second-order valence-electron chi connectivity index (χ2n) is 5.99. The van der Waals surface area contributed by atoms with Crippen LogP contribution in [0.15, 0.2) is 46.0 Å². The number of aromatic nitrogens is 3. The Labute approximate surface area is 153 Å². The molecule has 0 atom stereocenters. The highest BCUT2D eigenvalue weighted by Gasteiger charge is 2.14. The van der Waals surface area contributed by atoms with E-state index in [1.807, 2.05) is 0 Å². The molecule has 2 amide bonds. The molecule has 0 aliphatic rings. The van der Waals surface area contributed by atoms with Gasteiger partial charge in [0.15, 0.2) is 0 Å². The van der Waals surface area contributed by atoms with Crippen LogP contribution < -0.4 is 21.9 Å². The summed E-state index contributed by atoms with van der Waals surface area (Å²) in [7, 11) is 2.86. The molecule has 0 bridgehead atoms. The highest BCUT2D eigenvalue weighted by Crippen LogP contribution is 2.16. The van der Waals surface area contributed by atoms with Gasteiger partial charge in [0, 0.05) is 32.4 Å². The number of anilines is 2. The number of pyridine rings is 1. The van der Waals surface area contributed by atoms with Crippen molar-refractivity contribution in [2.24, 2.45) is 14.1 Å². The summed E-state index contributed by atoms with van der Waals surface area (Å²) in [5, 5.41) is 5.54. The molecule has 0 aliphatic heterocycles. The number of hydrogen-bond donors (Lipinski definition) is 2. The second-order valence-corrected chi connectivity index (χ2v) is 5.99. The Bertz CT molecular complexity index is 1190. The number of nitrogens with one attached hydrogen (secondary N) is 2. The minimum atomic E-state index is -0.527. The Hall–Kier alpha value is -3.75. The smallest absolute Gasteiger partial charge is 0.326 e. The fraction of sp³-hybridized carbons (Fsp3) is 0.167. The van der Waals surface area contributed by atoms with Gasteiger partial charge >= 0.3 is 5.69 Å². The van der Waals surface area contributed by atoms with E-state index in [1.54, 1.807) is 24.3 Å². The van der Waals surface area contributed by atoms with Crippen molar-refractivity contribution >= 4 is 34.2 Å². The molecule has 2 N–H and O–H groups in total. The fourth-order valence-corrected chi connectivity index (χ4v) is 2.65. The third kappa shape index (κ3) is 3.47. The van der Waals surface area contributed by atoms with Gasteiger partial charge in [0.1, 0.15) is 11.3 Å². The number of carbonyl (C=O) groups excluding carboxylic acids is 2. The van der Waals surface area contributed by atoms with E-state index < -0.39 is 17.2 Å². The molecule has 3 rings (SSSR count). The van der Waals surface area contributed by atoms with Gasteiger partial charge in [-0.15, -0.1) is 0 Å². The summed E-state index contributed by atoms with van der Waals surface area (Å²) in [6.45, 7) is 1.39. The van der Waals surface area contributed by atoms with Crippen molar-refractivity contribution in [2.75, 3.05) is 10.6 Å². The van der Waals surface area contributed by atoms with Crippen molar-refractivity contribution in [3.63, 3.8) is 0 Å². The monoisotopic (exact) mass is 367 g/mol. The molecule has 2 heterocycles. The first kappa shape index (κ1) is 18.1. The van der Waals surface area contributed by atoms with Crippen molar-refractivity contribution in [3.8, 4) is 0 Å². The minimum absolute atomic E-state index is 0.0516. The Morgan fingerprint density at radius 1 is 0.963 bits per heavy atom. The minimum Gasteiger partial charge on any atom is -0.326 e. The molecule has 138 valence electrons. The Balaban J connectivity index is 1.96. The molecule has 1 aromatic carbocycles. The number of fused-ring (bicyclic) bond motifs is 1. The van der Waals surface area contributed by atoms with Crippen LogP contribution in [-0.2, 0) is 18.9 Å². The van der Waals surface area contributed by atoms with E-state index in [9.17, 15) is 19.2 Å². The van der Waals surface area contributed by atoms with E-state index in [0.717, 1.165) is 4.57 Å². The van der Waals surface area contributed by atoms with Crippen molar-refractivity contribution < 1.29 is 9.59 Å². The van der Waals surface area contributed by atoms with Gasteiger partial charge in [-0.1, -0.05) is 6.07 Å². The van der Waals surface area contributed by atoms with E-state index in [4.69, 9.17) is 0 Å². The quantitative estimate of drug-likeness (QED) is 0.712. The van der Waals surface area contributed by atoms with Crippen molar-refractivity contribution in [1.82, 2.24) is 14.1 Å². The van der Waals surface area contributed by atoms with Crippen LogP contribution in [0.3, 0.4) is 0 Å². The molecular weight excluding hydrogens is 350 g/mol. The molecule has 9 heteroatoms. The first-order valence-electron chi connectivity index (χ1n) is 8.03. The van der Waals surface area contributed by atoms with Crippen LogP contribution in [0.4, 0.5) is 11.4 Å². The molecule has 0 aliphatic carbocycles. The summed E-state index contributed by atoms with van der Waals surface area (Å²) in [6, 6.07) is 9.52. The van der Waals surface area contributed by atoms with Gasteiger partial charge in [-0.2, -0.15) is 0 Å². The van der Waals surface area contributed by atoms with E-state index in [-0.39, 0.29) is 22.6 Å². The van der Waals surface area contributed by atoms with E-state index in [1.165, 1.54) is 37.7 Å². The zero-order chi connectivity index (χ0) is 19.7. The first-order chi connectivity index (χ1) is 12.8. The number of carbonyl (C=O) groups is 2. The number of hydrogen-bond acceptors (Lipinski definition) is 5. The highest BCUT2D eigenvalue weighted by atomic mass is 16.2. The molecule has 0 saturated heterocycles. The zero-order valence-corrected chi connectivity index (χ0v) is 14.9. The van der Waals surface area contributed by atoms with Crippen LogP contribution in [0.2, 0.25) is 0 Å². The topological polar surface area (TPSA) is 115 Å². The summed E-state index contributed by atoms with van der Waals surface area (Å²) in [5.41, 5.74) is 0.179. The van der Waals surface area contributed by atoms with Crippen LogP contribution in [-0.4, -0.2) is 25.9 Å². The van der Waals surface area contributed by atoms with Gasteiger partial charge in [-0.05, 0) is 30.3 Å². The number of benzene rings is 1. The summed E-state index contributed by atoms with van der Waals surface area (Å²) in [6.07, 6.45) is 0. The third-order valence-electron chi connectivity index (χ3n) is 3.98. The lowest BCUT2D eigenvalue weighted by molar-refractivity contribution is -0.114. The molecule has 3 aromatic rings. The van der Waals surface area contributed by atoms with Crippen LogP contribution in [0.5, 0.6) is 0 Å². The van der Waals surface area contributed by atoms with Crippen molar-refractivity contribution in [2.45, 2.75) is 6.92 Å². The van der Waals surface area contributed by atoms with Crippen LogP contribution in [0, 0.1) is 0 Å². The van der Waals surface area contributed by atoms with Gasteiger partial charge in [0.05, 0.1) is 5.39 Å². The summed E-state index contributed by atoms with van der Waals surface area (Å²) in [5.74, 6) is -0.734. The van der Waals surface area contributed by atoms with Gasteiger partial charge in [-0.25, -0.2) is 9.78 Å². The largest absolute Gasteiger partial charge is 0.332 e. The fourth-order valence-electron chi connectivity index (χ4n) is 2.65. The number of amides is 2. The Morgan fingerprint density at radius 2 is 1.63 bits per heavy atom. The van der Waals surface area contributed by atoms with Crippen LogP contribution in [0.1, 0.15) is 17.4 Å². The molecule has 2 aromatic heterocycles. The van der Waals surface area contributed by atoms with Crippen LogP contribution in [0.25, 0.3) is 11.0 Å². The normalized spacial score (nSPS) is 10.6. The predicted octanol–water partition coefficient (Wildman–Crippen LogP) is 0.843. The Morgan fingerprint density at radius 3 is 2.30 bits per heavy atom.